The molecule has 1 fully saturated rings. The van der Waals surface area contributed by atoms with Crippen molar-refractivity contribution in [1.82, 2.24) is 5.32 Å². The Bertz CT molecular complexity index is 382. The van der Waals surface area contributed by atoms with Gasteiger partial charge < -0.3 is 5.32 Å². The topological polar surface area (TPSA) is 29.1 Å². The van der Waals surface area contributed by atoms with Gasteiger partial charge in [0.15, 0.2) is 0 Å². The Balaban J connectivity index is 1.84. The van der Waals surface area contributed by atoms with Crippen molar-refractivity contribution in [1.29, 1.82) is 0 Å². The predicted molar refractivity (Wildman–Crippen MR) is 64.9 cm³/mol. The minimum Gasteiger partial charge on any atom is -0.352 e. The van der Waals surface area contributed by atoms with Gasteiger partial charge in [0.05, 0.1) is 0 Å². The van der Waals surface area contributed by atoms with Gasteiger partial charge in [-0.05, 0) is 31.2 Å². The molecule has 1 atom stereocenters. The van der Waals surface area contributed by atoms with Gasteiger partial charge in [-0.25, -0.2) is 0 Å². The first-order valence-corrected chi connectivity index (χ1v) is 6.00. The van der Waals surface area contributed by atoms with Gasteiger partial charge >= 0.3 is 0 Å². The minimum atomic E-state index is 0.185. The van der Waals surface area contributed by atoms with Crippen molar-refractivity contribution in [2.45, 2.75) is 33.2 Å². The van der Waals surface area contributed by atoms with Crippen LogP contribution in [0, 0.1) is 18.8 Å². The van der Waals surface area contributed by atoms with E-state index in [2.05, 4.69) is 30.4 Å². The van der Waals surface area contributed by atoms with E-state index >= 15 is 0 Å². The zero-order valence-corrected chi connectivity index (χ0v) is 9.99. The number of aryl methyl sites for hydroxylation is 1. The van der Waals surface area contributed by atoms with Crippen LogP contribution in [0.3, 0.4) is 0 Å². The van der Waals surface area contributed by atoms with Crippen molar-refractivity contribution >= 4 is 5.91 Å². The molecule has 16 heavy (non-hydrogen) atoms. The summed E-state index contributed by atoms with van der Waals surface area (Å²) in [5.74, 6) is 1.02. The zero-order chi connectivity index (χ0) is 11.5. The lowest BCUT2D eigenvalue weighted by molar-refractivity contribution is -0.125. The molecule has 1 aromatic rings. The summed E-state index contributed by atoms with van der Waals surface area (Å²) in [5, 5.41) is 3.01. The van der Waals surface area contributed by atoms with Crippen LogP contribution < -0.4 is 5.32 Å². The van der Waals surface area contributed by atoms with Gasteiger partial charge in [-0.15, -0.1) is 0 Å². The van der Waals surface area contributed by atoms with Crippen LogP contribution in [0.5, 0.6) is 0 Å². The third-order valence-electron chi connectivity index (χ3n) is 3.29. The van der Waals surface area contributed by atoms with Crippen LogP contribution in [0.15, 0.2) is 24.3 Å². The van der Waals surface area contributed by atoms with Crippen LogP contribution in [0.2, 0.25) is 0 Å². The van der Waals surface area contributed by atoms with Gasteiger partial charge in [-0.3, -0.25) is 4.79 Å². The molecule has 0 aliphatic heterocycles. The molecule has 2 heteroatoms. The Morgan fingerprint density at radius 2 is 2.25 bits per heavy atom. The summed E-state index contributed by atoms with van der Waals surface area (Å²) in [4.78, 5) is 11.8. The molecule has 0 heterocycles. The van der Waals surface area contributed by atoms with Crippen molar-refractivity contribution in [2.75, 3.05) is 0 Å². The summed E-state index contributed by atoms with van der Waals surface area (Å²) in [7, 11) is 0. The summed E-state index contributed by atoms with van der Waals surface area (Å²) in [6.45, 7) is 4.75. The second-order valence-corrected chi connectivity index (χ2v) is 4.83. The van der Waals surface area contributed by atoms with E-state index in [0.717, 1.165) is 0 Å². The third-order valence-corrected chi connectivity index (χ3v) is 3.29. The summed E-state index contributed by atoms with van der Waals surface area (Å²) < 4.78 is 0. The first kappa shape index (κ1) is 11.2. The molecule has 1 aliphatic rings. The molecular formula is C14H19NO. The maximum atomic E-state index is 11.8. The molecule has 1 amide bonds. The normalized spacial score (nSPS) is 16.9. The number of nitrogens with one attached hydrogen (secondary N) is 1. The van der Waals surface area contributed by atoms with Gasteiger partial charge in [0.2, 0.25) is 5.91 Å². The molecule has 86 valence electrons. The Hall–Kier alpha value is -1.31. The smallest absolute Gasteiger partial charge is 0.223 e. The number of benzene rings is 1. The molecule has 1 unspecified atom stereocenters. The van der Waals surface area contributed by atoms with Gasteiger partial charge in [0.25, 0.3) is 0 Å². The fraction of sp³-hybridized carbons (Fsp3) is 0.500. The minimum absolute atomic E-state index is 0.185. The van der Waals surface area contributed by atoms with E-state index in [1.54, 1.807) is 0 Å². The maximum absolute atomic E-state index is 11.8. The van der Waals surface area contributed by atoms with Gasteiger partial charge in [-0.2, -0.15) is 0 Å². The maximum Gasteiger partial charge on any atom is 0.223 e. The van der Waals surface area contributed by atoms with Crippen molar-refractivity contribution < 1.29 is 4.79 Å². The average molecular weight is 217 g/mol. The van der Waals surface area contributed by atoms with E-state index < -0.39 is 0 Å². The quantitative estimate of drug-likeness (QED) is 0.825. The standard InChI is InChI=1S/C14H19NO/c1-10-4-3-5-12(8-10)9-15-14(16)11(2)13-6-7-13/h3-5,8,11,13H,6-7,9H2,1-2H3,(H,15,16). The lowest BCUT2D eigenvalue weighted by Gasteiger charge is -2.11. The number of hydrogen-bond acceptors (Lipinski definition) is 1. The second-order valence-electron chi connectivity index (χ2n) is 4.83. The number of carbonyl (C=O) groups is 1. The number of rotatable bonds is 4. The molecule has 1 saturated carbocycles. The molecule has 2 nitrogen and oxygen atoms in total. The molecule has 1 N–H and O–H groups in total. The molecule has 1 aliphatic carbocycles. The van der Waals surface area contributed by atoms with Crippen LogP contribution in [0.1, 0.15) is 30.9 Å². The molecule has 1 aromatic carbocycles. The van der Waals surface area contributed by atoms with Crippen LogP contribution in [-0.4, -0.2) is 5.91 Å². The Morgan fingerprint density at radius 1 is 1.50 bits per heavy atom. The van der Waals surface area contributed by atoms with Crippen molar-refractivity contribution in [3.63, 3.8) is 0 Å². The van der Waals surface area contributed by atoms with E-state index in [9.17, 15) is 4.79 Å². The van der Waals surface area contributed by atoms with Crippen LogP contribution in [0.25, 0.3) is 0 Å². The van der Waals surface area contributed by atoms with Gasteiger partial charge in [-0.1, -0.05) is 36.8 Å². The van der Waals surface area contributed by atoms with Gasteiger partial charge in [0, 0.05) is 12.5 Å². The summed E-state index contributed by atoms with van der Waals surface area (Å²) >= 11 is 0. The third kappa shape index (κ3) is 2.84. The van der Waals surface area contributed by atoms with Crippen molar-refractivity contribution in [2.24, 2.45) is 11.8 Å². The number of hydrogen-bond donors (Lipinski definition) is 1. The highest BCUT2D eigenvalue weighted by Gasteiger charge is 2.32. The predicted octanol–water partition coefficient (Wildman–Crippen LogP) is 2.66. The van der Waals surface area contributed by atoms with E-state index in [4.69, 9.17) is 0 Å². The number of amides is 1. The highest BCUT2D eigenvalue weighted by atomic mass is 16.1. The SMILES string of the molecule is Cc1cccc(CNC(=O)C(C)C2CC2)c1. The van der Waals surface area contributed by atoms with Gasteiger partial charge in [0.1, 0.15) is 0 Å². The molecule has 0 aromatic heterocycles. The zero-order valence-electron chi connectivity index (χ0n) is 9.99. The van der Waals surface area contributed by atoms with Crippen LogP contribution in [-0.2, 0) is 11.3 Å². The monoisotopic (exact) mass is 217 g/mol. The Kier molecular flexibility index (Phi) is 3.28. The van der Waals surface area contributed by atoms with E-state index in [0.29, 0.717) is 12.5 Å². The van der Waals surface area contributed by atoms with E-state index in [1.165, 1.54) is 24.0 Å². The van der Waals surface area contributed by atoms with Crippen LogP contribution in [0.4, 0.5) is 0 Å². The Labute approximate surface area is 97.1 Å². The van der Waals surface area contributed by atoms with E-state index in [1.807, 2.05) is 13.0 Å². The highest BCUT2D eigenvalue weighted by molar-refractivity contribution is 5.78. The lowest BCUT2D eigenvalue weighted by Crippen LogP contribution is -2.29. The second kappa shape index (κ2) is 4.69. The fourth-order valence-electron chi connectivity index (χ4n) is 1.98. The molecule has 0 bridgehead atoms. The molecule has 0 spiro atoms. The molecule has 2 rings (SSSR count). The number of carbonyl (C=O) groups excluding carboxylic acids is 1. The molecular weight excluding hydrogens is 198 g/mol. The molecule has 0 saturated heterocycles. The van der Waals surface area contributed by atoms with Crippen molar-refractivity contribution in [3.8, 4) is 0 Å². The first-order valence-electron chi connectivity index (χ1n) is 6.00. The highest BCUT2D eigenvalue weighted by Crippen LogP contribution is 2.36. The van der Waals surface area contributed by atoms with Crippen LogP contribution >= 0.6 is 0 Å². The Morgan fingerprint density at radius 3 is 2.88 bits per heavy atom. The average Bonchev–Trinajstić information content (AvgIpc) is 3.09. The molecule has 0 radical (unpaired) electrons. The summed E-state index contributed by atoms with van der Waals surface area (Å²) in [6, 6.07) is 8.26. The first-order chi connectivity index (χ1) is 7.66. The van der Waals surface area contributed by atoms with E-state index in [-0.39, 0.29) is 11.8 Å². The largest absolute Gasteiger partial charge is 0.352 e. The fourth-order valence-corrected chi connectivity index (χ4v) is 1.98. The summed E-state index contributed by atoms with van der Waals surface area (Å²) in [5.41, 5.74) is 2.42. The van der Waals surface area contributed by atoms with Crippen molar-refractivity contribution in [3.05, 3.63) is 35.4 Å². The lowest BCUT2D eigenvalue weighted by atomic mass is 10.1. The summed E-state index contributed by atoms with van der Waals surface area (Å²) in [6.07, 6.45) is 2.44.